The maximum Gasteiger partial charge on any atom is 0.0771 e. The van der Waals surface area contributed by atoms with Crippen molar-refractivity contribution in [2.75, 3.05) is 6.26 Å². The fourth-order valence-electron chi connectivity index (χ4n) is 1.43. The van der Waals surface area contributed by atoms with E-state index in [1.54, 1.807) is 30.5 Å². The molecule has 0 aromatic heterocycles. The predicted molar refractivity (Wildman–Crippen MR) is 72.3 cm³/mol. The molecule has 0 amide bonds. The van der Waals surface area contributed by atoms with E-state index in [1.807, 2.05) is 30.3 Å². The lowest BCUT2D eigenvalue weighted by Gasteiger charge is -2.04. The van der Waals surface area contributed by atoms with Gasteiger partial charge in [-0.2, -0.15) is 4.36 Å². The fourth-order valence-corrected chi connectivity index (χ4v) is 2.85. The van der Waals surface area contributed by atoms with Gasteiger partial charge in [-0.05, 0) is 36.4 Å². The second-order valence-electron chi connectivity index (χ2n) is 3.68. The smallest absolute Gasteiger partial charge is 0.0771 e. The van der Waals surface area contributed by atoms with Crippen LogP contribution in [0.2, 0.25) is 5.02 Å². The molecule has 0 N–H and O–H groups in total. The van der Waals surface area contributed by atoms with Crippen LogP contribution < -0.4 is 0 Å². The Hall–Kier alpha value is -1.32. The van der Waals surface area contributed by atoms with Gasteiger partial charge in [-0.3, -0.25) is 0 Å². The number of hydrogen-bond acceptors (Lipinski definition) is 2. The molecule has 0 saturated heterocycles. The minimum atomic E-state index is -2.39. The summed E-state index contributed by atoms with van der Waals surface area (Å²) in [5, 5.41) is 0.645. The summed E-state index contributed by atoms with van der Waals surface area (Å²) in [7, 11) is -2.39. The molecule has 2 rings (SSSR count). The van der Waals surface area contributed by atoms with Gasteiger partial charge in [-0.15, -0.1) is 0 Å². The minimum Gasteiger partial charge on any atom is -0.245 e. The summed E-state index contributed by atoms with van der Waals surface area (Å²) in [4.78, 5) is 0.731. The van der Waals surface area contributed by atoms with Gasteiger partial charge in [0.05, 0.1) is 15.4 Å². The average Bonchev–Trinajstić information content (AvgIpc) is 2.33. The van der Waals surface area contributed by atoms with Gasteiger partial charge in [0.15, 0.2) is 0 Å². The summed E-state index contributed by atoms with van der Waals surface area (Å²) in [5.74, 6) is 0. The van der Waals surface area contributed by atoms with Crippen molar-refractivity contribution in [1.82, 2.24) is 0 Å². The Labute approximate surface area is 106 Å². The molecule has 0 aliphatic carbocycles. The molecule has 88 valence electrons. The van der Waals surface area contributed by atoms with E-state index in [-0.39, 0.29) is 0 Å². The van der Waals surface area contributed by atoms with Gasteiger partial charge in [0, 0.05) is 16.2 Å². The van der Waals surface area contributed by atoms with Crippen molar-refractivity contribution in [1.29, 1.82) is 0 Å². The number of benzene rings is 2. The summed E-state index contributed by atoms with van der Waals surface area (Å²) in [6.45, 7) is 0. The third kappa shape index (κ3) is 3.08. The first-order valence-electron chi connectivity index (χ1n) is 5.11. The normalized spacial score (nSPS) is 14.0. The second kappa shape index (κ2) is 4.90. The van der Waals surface area contributed by atoms with E-state index >= 15 is 0 Å². The highest BCUT2D eigenvalue weighted by Gasteiger charge is 2.04. The molecule has 2 nitrogen and oxygen atoms in total. The van der Waals surface area contributed by atoms with Crippen molar-refractivity contribution in [3.8, 4) is 0 Å². The van der Waals surface area contributed by atoms with Crippen molar-refractivity contribution >= 4 is 27.0 Å². The van der Waals surface area contributed by atoms with Crippen molar-refractivity contribution in [2.24, 2.45) is 4.36 Å². The van der Waals surface area contributed by atoms with Gasteiger partial charge in [0.2, 0.25) is 0 Å². The molecule has 2 aromatic rings. The Bertz CT molecular complexity index is 614. The van der Waals surface area contributed by atoms with E-state index in [2.05, 4.69) is 4.36 Å². The molecular weight excluding hydrogens is 254 g/mol. The standard InChI is InChI=1S/C13H12ClNOS/c1-17(16,13-5-3-2-4-6-13)15-12-9-7-11(14)8-10-12/h2-10H,1H3/t17-/m0/s1. The highest BCUT2D eigenvalue weighted by molar-refractivity contribution is 7.93. The third-order valence-electron chi connectivity index (χ3n) is 2.29. The lowest BCUT2D eigenvalue weighted by Crippen LogP contribution is -1.95. The first-order valence-corrected chi connectivity index (χ1v) is 7.41. The number of hydrogen-bond donors (Lipinski definition) is 0. The highest BCUT2D eigenvalue weighted by atomic mass is 35.5. The van der Waals surface area contributed by atoms with Crippen LogP contribution in [0.1, 0.15) is 0 Å². The summed E-state index contributed by atoms with van der Waals surface area (Å²) < 4.78 is 16.7. The van der Waals surface area contributed by atoms with Crippen LogP contribution in [-0.4, -0.2) is 10.5 Å². The Morgan fingerprint density at radius 2 is 1.59 bits per heavy atom. The van der Waals surface area contributed by atoms with E-state index in [4.69, 9.17) is 11.6 Å². The molecule has 1 atom stereocenters. The lowest BCUT2D eigenvalue weighted by atomic mass is 10.3. The maximum absolute atomic E-state index is 12.4. The number of nitrogens with zero attached hydrogens (tertiary/aromatic N) is 1. The molecule has 0 fully saturated rings. The van der Waals surface area contributed by atoms with Gasteiger partial charge >= 0.3 is 0 Å². The summed E-state index contributed by atoms with van der Waals surface area (Å²) in [6.07, 6.45) is 1.64. The van der Waals surface area contributed by atoms with Crippen molar-refractivity contribution in [3.05, 3.63) is 59.6 Å². The van der Waals surface area contributed by atoms with E-state index in [9.17, 15) is 4.21 Å². The van der Waals surface area contributed by atoms with Crippen molar-refractivity contribution in [3.63, 3.8) is 0 Å². The number of halogens is 1. The molecule has 4 heteroatoms. The average molecular weight is 266 g/mol. The third-order valence-corrected chi connectivity index (χ3v) is 4.24. The van der Waals surface area contributed by atoms with Gasteiger partial charge in [-0.1, -0.05) is 29.8 Å². The topological polar surface area (TPSA) is 29.4 Å². The molecular formula is C13H12ClNOS. The van der Waals surface area contributed by atoms with Crippen LogP contribution in [0.4, 0.5) is 5.69 Å². The molecule has 2 aromatic carbocycles. The quantitative estimate of drug-likeness (QED) is 0.803. The molecule has 0 unspecified atom stereocenters. The van der Waals surface area contributed by atoms with Crippen LogP contribution in [0.25, 0.3) is 0 Å². The largest absolute Gasteiger partial charge is 0.245 e. The maximum atomic E-state index is 12.4. The number of rotatable bonds is 2. The van der Waals surface area contributed by atoms with E-state index < -0.39 is 9.73 Å². The van der Waals surface area contributed by atoms with Crippen molar-refractivity contribution < 1.29 is 4.21 Å². The van der Waals surface area contributed by atoms with E-state index in [0.717, 1.165) is 4.90 Å². The Kier molecular flexibility index (Phi) is 3.50. The zero-order chi connectivity index (χ0) is 12.3. The SMILES string of the molecule is C[S@@](=O)(=Nc1ccc(Cl)cc1)c1ccccc1. The van der Waals surface area contributed by atoms with Gasteiger partial charge < -0.3 is 0 Å². The summed E-state index contributed by atoms with van der Waals surface area (Å²) in [5.41, 5.74) is 0.672. The molecule has 0 radical (unpaired) electrons. The van der Waals surface area contributed by atoms with Crippen molar-refractivity contribution in [2.45, 2.75) is 4.90 Å². The predicted octanol–water partition coefficient (Wildman–Crippen LogP) is 4.13. The Morgan fingerprint density at radius 3 is 2.18 bits per heavy atom. The first-order chi connectivity index (χ1) is 8.08. The molecule has 17 heavy (non-hydrogen) atoms. The first kappa shape index (κ1) is 12.1. The van der Waals surface area contributed by atoms with Crippen LogP contribution in [0, 0.1) is 0 Å². The van der Waals surface area contributed by atoms with Crippen LogP contribution in [0.15, 0.2) is 63.9 Å². The van der Waals surface area contributed by atoms with Crippen LogP contribution in [-0.2, 0) is 9.73 Å². The molecule has 0 aliphatic heterocycles. The molecule has 0 aliphatic rings. The highest BCUT2D eigenvalue weighted by Crippen LogP contribution is 2.21. The minimum absolute atomic E-state index is 0.645. The molecule has 0 spiro atoms. The van der Waals surface area contributed by atoms with Crippen LogP contribution in [0.3, 0.4) is 0 Å². The van der Waals surface area contributed by atoms with Gasteiger partial charge in [-0.25, -0.2) is 4.21 Å². The fraction of sp³-hybridized carbons (Fsp3) is 0.0769. The van der Waals surface area contributed by atoms with Crippen LogP contribution in [0.5, 0.6) is 0 Å². The summed E-state index contributed by atoms with van der Waals surface area (Å²) >= 11 is 5.79. The lowest BCUT2D eigenvalue weighted by molar-refractivity contribution is 0.681. The Balaban J connectivity index is 2.46. The second-order valence-corrected chi connectivity index (χ2v) is 6.38. The van der Waals surface area contributed by atoms with Crippen LogP contribution >= 0.6 is 11.6 Å². The summed E-state index contributed by atoms with van der Waals surface area (Å²) in [6, 6.07) is 16.2. The van der Waals surface area contributed by atoms with E-state index in [0.29, 0.717) is 10.7 Å². The molecule has 0 saturated carbocycles. The van der Waals surface area contributed by atoms with Gasteiger partial charge in [0.1, 0.15) is 0 Å². The molecule has 0 heterocycles. The molecule has 0 bridgehead atoms. The van der Waals surface area contributed by atoms with Gasteiger partial charge in [0.25, 0.3) is 0 Å². The Morgan fingerprint density at radius 1 is 1.00 bits per heavy atom. The zero-order valence-corrected chi connectivity index (χ0v) is 10.9. The zero-order valence-electron chi connectivity index (χ0n) is 9.34. The monoisotopic (exact) mass is 265 g/mol. The van der Waals surface area contributed by atoms with E-state index in [1.165, 1.54) is 0 Å².